The quantitative estimate of drug-likeness (QED) is 0.916. The van der Waals surface area contributed by atoms with Crippen molar-refractivity contribution < 1.29 is 13.5 Å². The Morgan fingerprint density at radius 1 is 1.45 bits per heavy atom. The molecule has 2 aromatic rings. The first-order valence-electron chi connectivity index (χ1n) is 6.09. The first-order chi connectivity index (χ1) is 9.37. The second-order valence-corrected chi connectivity index (χ2v) is 8.88. The summed E-state index contributed by atoms with van der Waals surface area (Å²) in [5, 5.41) is 11.1. The van der Waals surface area contributed by atoms with Gasteiger partial charge in [0.05, 0.1) is 12.6 Å². The molecule has 1 unspecified atom stereocenters. The second kappa shape index (κ2) is 5.95. The van der Waals surface area contributed by atoms with Crippen LogP contribution < -0.4 is 0 Å². The molecule has 0 spiro atoms. The number of rotatable bonds is 5. The van der Waals surface area contributed by atoms with Crippen LogP contribution in [0.3, 0.4) is 0 Å². The van der Waals surface area contributed by atoms with E-state index in [0.717, 1.165) is 21.8 Å². The molecule has 110 valence electrons. The van der Waals surface area contributed by atoms with Gasteiger partial charge >= 0.3 is 0 Å². The van der Waals surface area contributed by atoms with Gasteiger partial charge in [0.1, 0.15) is 4.21 Å². The standard InChI is InChI=1S/C13H17NO3S3/c1-9-7-13(19-12(9)8-15)20(16,17)14(3)10(2)11-5-4-6-18-11/h4-7,10,15H,8H2,1-3H3. The van der Waals surface area contributed by atoms with Crippen LogP contribution in [-0.2, 0) is 16.6 Å². The maximum absolute atomic E-state index is 12.6. The van der Waals surface area contributed by atoms with Crippen molar-refractivity contribution in [3.8, 4) is 0 Å². The van der Waals surface area contributed by atoms with Gasteiger partial charge in [-0.3, -0.25) is 0 Å². The Morgan fingerprint density at radius 3 is 2.65 bits per heavy atom. The predicted octanol–water partition coefficient (Wildman–Crippen LogP) is 2.99. The largest absolute Gasteiger partial charge is 0.391 e. The molecule has 4 nitrogen and oxygen atoms in total. The van der Waals surface area contributed by atoms with E-state index in [-0.39, 0.29) is 16.9 Å². The zero-order chi connectivity index (χ0) is 14.9. The average molecular weight is 331 g/mol. The summed E-state index contributed by atoms with van der Waals surface area (Å²) < 4.78 is 26.9. The molecule has 20 heavy (non-hydrogen) atoms. The summed E-state index contributed by atoms with van der Waals surface area (Å²) >= 11 is 2.67. The maximum Gasteiger partial charge on any atom is 0.252 e. The molecule has 0 aromatic carbocycles. The Morgan fingerprint density at radius 2 is 2.15 bits per heavy atom. The first-order valence-corrected chi connectivity index (χ1v) is 9.23. The van der Waals surface area contributed by atoms with Crippen molar-refractivity contribution in [2.75, 3.05) is 7.05 Å². The Balaban J connectivity index is 2.34. The fourth-order valence-electron chi connectivity index (χ4n) is 1.83. The van der Waals surface area contributed by atoms with E-state index >= 15 is 0 Å². The fraction of sp³-hybridized carbons (Fsp3) is 0.385. The fourth-order valence-corrected chi connectivity index (χ4v) is 5.70. The number of sulfonamides is 1. The molecule has 2 heterocycles. The summed E-state index contributed by atoms with van der Waals surface area (Å²) in [5.41, 5.74) is 0.813. The SMILES string of the molecule is Cc1cc(S(=O)(=O)N(C)C(C)c2cccs2)sc1CO. The number of aryl methyl sites for hydroxylation is 1. The van der Waals surface area contributed by atoms with Gasteiger partial charge in [0.2, 0.25) is 0 Å². The van der Waals surface area contributed by atoms with E-state index in [4.69, 9.17) is 0 Å². The van der Waals surface area contributed by atoms with Gasteiger partial charge in [0.25, 0.3) is 10.0 Å². The van der Waals surface area contributed by atoms with E-state index in [1.165, 1.54) is 4.31 Å². The van der Waals surface area contributed by atoms with Gasteiger partial charge in [-0.05, 0) is 36.9 Å². The van der Waals surface area contributed by atoms with Crippen LogP contribution in [0.5, 0.6) is 0 Å². The molecule has 0 aliphatic heterocycles. The Bertz CT molecular complexity index is 674. The lowest BCUT2D eigenvalue weighted by Crippen LogP contribution is -2.28. The van der Waals surface area contributed by atoms with Gasteiger partial charge in [-0.1, -0.05) is 6.07 Å². The van der Waals surface area contributed by atoms with Gasteiger partial charge in [0.15, 0.2) is 0 Å². The molecule has 0 radical (unpaired) electrons. The highest BCUT2D eigenvalue weighted by Gasteiger charge is 2.28. The van der Waals surface area contributed by atoms with E-state index in [2.05, 4.69) is 0 Å². The van der Waals surface area contributed by atoms with E-state index in [1.807, 2.05) is 31.4 Å². The molecule has 1 N–H and O–H groups in total. The number of hydrogen-bond donors (Lipinski definition) is 1. The number of thiophene rings is 2. The molecule has 0 amide bonds. The Hall–Kier alpha value is -0.730. The number of hydrogen-bond acceptors (Lipinski definition) is 5. The smallest absolute Gasteiger partial charge is 0.252 e. The summed E-state index contributed by atoms with van der Waals surface area (Å²) in [6.07, 6.45) is 0. The zero-order valence-electron chi connectivity index (χ0n) is 11.5. The van der Waals surface area contributed by atoms with Crippen LogP contribution in [0.1, 0.15) is 28.3 Å². The third-order valence-corrected chi connectivity index (χ3v) is 7.92. The maximum atomic E-state index is 12.6. The third kappa shape index (κ3) is 2.82. The van der Waals surface area contributed by atoms with E-state index in [1.54, 1.807) is 24.5 Å². The lowest BCUT2D eigenvalue weighted by molar-refractivity contribution is 0.285. The van der Waals surface area contributed by atoms with Crippen LogP contribution in [0.15, 0.2) is 27.8 Å². The average Bonchev–Trinajstić information content (AvgIpc) is 3.05. The van der Waals surface area contributed by atoms with Crippen LogP contribution >= 0.6 is 22.7 Å². The van der Waals surface area contributed by atoms with Crippen molar-refractivity contribution in [2.24, 2.45) is 0 Å². The molecule has 0 aliphatic carbocycles. The summed E-state index contributed by atoms with van der Waals surface area (Å²) in [6.45, 7) is 3.55. The molecule has 0 bridgehead atoms. The van der Waals surface area contributed by atoms with Gasteiger partial charge in [-0.25, -0.2) is 8.42 Å². The highest BCUT2D eigenvalue weighted by molar-refractivity contribution is 7.91. The molecule has 2 rings (SSSR count). The molecule has 0 saturated heterocycles. The van der Waals surface area contributed by atoms with Crippen LogP contribution in [-0.4, -0.2) is 24.9 Å². The number of aliphatic hydroxyl groups is 1. The van der Waals surface area contributed by atoms with Crippen molar-refractivity contribution in [3.63, 3.8) is 0 Å². The topological polar surface area (TPSA) is 57.6 Å². The second-order valence-electron chi connectivity index (χ2n) is 4.54. The van der Waals surface area contributed by atoms with E-state index < -0.39 is 10.0 Å². The number of nitrogens with zero attached hydrogens (tertiary/aromatic N) is 1. The molecular weight excluding hydrogens is 314 g/mol. The van der Waals surface area contributed by atoms with Crippen LogP contribution in [0.25, 0.3) is 0 Å². The van der Waals surface area contributed by atoms with Crippen molar-refractivity contribution in [2.45, 2.75) is 30.7 Å². The Labute approximate surface area is 127 Å². The van der Waals surface area contributed by atoms with Gasteiger partial charge < -0.3 is 5.11 Å². The van der Waals surface area contributed by atoms with Crippen LogP contribution in [0, 0.1) is 6.92 Å². The lowest BCUT2D eigenvalue weighted by atomic mass is 10.3. The summed E-state index contributed by atoms with van der Waals surface area (Å²) in [4.78, 5) is 1.70. The predicted molar refractivity (Wildman–Crippen MR) is 82.7 cm³/mol. The molecule has 7 heteroatoms. The molecule has 2 aromatic heterocycles. The van der Waals surface area contributed by atoms with Crippen molar-refractivity contribution in [1.29, 1.82) is 0 Å². The molecule has 0 fully saturated rings. The zero-order valence-corrected chi connectivity index (χ0v) is 14.0. The van der Waals surface area contributed by atoms with Crippen LogP contribution in [0.2, 0.25) is 0 Å². The van der Waals surface area contributed by atoms with Gasteiger partial charge in [-0.2, -0.15) is 4.31 Å². The molecular formula is C13H17NO3S3. The summed E-state index contributed by atoms with van der Waals surface area (Å²) in [5.74, 6) is 0. The highest BCUT2D eigenvalue weighted by Crippen LogP contribution is 2.33. The van der Waals surface area contributed by atoms with E-state index in [9.17, 15) is 13.5 Å². The summed E-state index contributed by atoms with van der Waals surface area (Å²) in [6, 6.07) is 5.26. The van der Waals surface area contributed by atoms with E-state index in [0.29, 0.717) is 4.88 Å². The van der Waals surface area contributed by atoms with Crippen molar-refractivity contribution >= 4 is 32.7 Å². The van der Waals surface area contributed by atoms with Crippen LogP contribution in [0.4, 0.5) is 0 Å². The van der Waals surface area contributed by atoms with Gasteiger partial charge in [0, 0.05) is 16.8 Å². The minimum Gasteiger partial charge on any atom is -0.391 e. The highest BCUT2D eigenvalue weighted by atomic mass is 32.2. The van der Waals surface area contributed by atoms with Crippen molar-refractivity contribution in [3.05, 3.63) is 38.9 Å². The monoisotopic (exact) mass is 331 g/mol. The Kier molecular flexibility index (Phi) is 4.66. The lowest BCUT2D eigenvalue weighted by Gasteiger charge is -2.22. The molecule has 1 atom stereocenters. The van der Waals surface area contributed by atoms with Crippen molar-refractivity contribution in [1.82, 2.24) is 4.31 Å². The molecule has 0 saturated carbocycles. The van der Waals surface area contributed by atoms with Gasteiger partial charge in [-0.15, -0.1) is 22.7 Å². The summed E-state index contributed by atoms with van der Waals surface area (Å²) in [7, 11) is -1.94. The normalized spacial score (nSPS) is 13.8. The first kappa shape index (κ1) is 15.7. The third-order valence-electron chi connectivity index (χ3n) is 3.28. The minimum atomic E-state index is -3.53. The number of aliphatic hydroxyl groups excluding tert-OH is 1. The minimum absolute atomic E-state index is 0.129. The molecule has 0 aliphatic rings.